The number of benzene rings is 1. The molecule has 0 spiro atoms. The van der Waals surface area contributed by atoms with Crippen molar-refractivity contribution in [1.82, 2.24) is 9.78 Å². The van der Waals surface area contributed by atoms with Gasteiger partial charge in [-0.15, -0.1) is 0 Å². The summed E-state index contributed by atoms with van der Waals surface area (Å²) in [5, 5.41) is 7.56. The first-order chi connectivity index (χ1) is 12.5. The van der Waals surface area contributed by atoms with Crippen LogP contribution in [0.3, 0.4) is 0 Å². The lowest BCUT2D eigenvalue weighted by atomic mass is 10.2. The molecule has 0 aliphatic rings. The summed E-state index contributed by atoms with van der Waals surface area (Å²) in [6, 6.07) is 4.48. The fourth-order valence-electron chi connectivity index (χ4n) is 2.01. The Bertz CT molecular complexity index is 900. The number of alkyl halides is 3. The van der Waals surface area contributed by atoms with E-state index in [0.717, 1.165) is 4.68 Å². The lowest BCUT2D eigenvalue weighted by molar-refractivity contribution is -0.144. The highest BCUT2D eigenvalue weighted by molar-refractivity contribution is 9.10. The summed E-state index contributed by atoms with van der Waals surface area (Å²) in [6.07, 6.45) is -4.87. The smallest absolute Gasteiger partial charge is 0.380 e. The third kappa shape index (κ3) is 5.36. The van der Waals surface area contributed by atoms with Gasteiger partial charge in [0.05, 0.1) is 28.2 Å². The molecule has 146 valence electrons. The van der Waals surface area contributed by atoms with Gasteiger partial charge in [0.15, 0.2) is 11.5 Å². The molecule has 27 heavy (non-hydrogen) atoms. The predicted octanol–water partition coefficient (Wildman–Crippen LogP) is 4.53. The van der Waals surface area contributed by atoms with Gasteiger partial charge < -0.3 is 10.6 Å². The maximum absolute atomic E-state index is 12.8. The van der Waals surface area contributed by atoms with Crippen LogP contribution in [0.5, 0.6) is 0 Å². The van der Waals surface area contributed by atoms with Gasteiger partial charge in [0.2, 0.25) is 0 Å². The molecule has 0 saturated heterocycles. The number of nitrogens with zero attached hydrogens (tertiary/aromatic N) is 3. The van der Waals surface area contributed by atoms with Gasteiger partial charge in [-0.25, -0.2) is 4.79 Å². The monoisotopic (exact) mass is 486 g/mol. The summed E-state index contributed by atoms with van der Waals surface area (Å²) in [5.74, 6) is -0.954. The zero-order valence-corrected chi connectivity index (χ0v) is 16.7. The van der Waals surface area contributed by atoms with Crippen LogP contribution < -0.4 is 5.73 Å². The first kappa shape index (κ1) is 21.5. The molecule has 2 N–H and O–H groups in total. The number of hydrogen-bond acceptors (Lipinski definition) is 4. The van der Waals surface area contributed by atoms with E-state index in [9.17, 15) is 18.0 Å². The van der Waals surface area contributed by atoms with E-state index < -0.39 is 17.8 Å². The van der Waals surface area contributed by atoms with Crippen molar-refractivity contribution in [3.8, 4) is 0 Å². The highest BCUT2D eigenvalue weighted by atomic mass is 79.9. The summed E-state index contributed by atoms with van der Waals surface area (Å²) in [7, 11) is 0. The number of aryl methyl sites for hydroxylation is 1. The van der Waals surface area contributed by atoms with E-state index >= 15 is 0 Å². The Labute approximate surface area is 170 Å². The summed E-state index contributed by atoms with van der Waals surface area (Å²) >= 11 is 14.6. The van der Waals surface area contributed by atoms with Gasteiger partial charge in [-0.2, -0.15) is 18.3 Å². The second kappa shape index (κ2) is 8.49. The van der Waals surface area contributed by atoms with Crippen LogP contribution in [0.15, 0.2) is 27.8 Å². The van der Waals surface area contributed by atoms with E-state index in [2.05, 4.69) is 31.0 Å². The first-order valence-corrected chi connectivity index (χ1v) is 8.84. The van der Waals surface area contributed by atoms with Crippen LogP contribution in [0.1, 0.15) is 23.4 Å². The molecule has 6 nitrogen and oxygen atoms in total. The highest BCUT2D eigenvalue weighted by Gasteiger charge is 2.37. The second-order valence-electron chi connectivity index (χ2n) is 5.28. The Morgan fingerprint density at radius 1 is 1.41 bits per heavy atom. The molecular weight excluding hydrogens is 476 g/mol. The van der Waals surface area contributed by atoms with Crippen LogP contribution in [0, 0.1) is 6.92 Å². The van der Waals surface area contributed by atoms with Gasteiger partial charge in [-0.05, 0) is 41.1 Å². The number of amidine groups is 1. The molecule has 0 saturated carbocycles. The minimum Gasteiger partial charge on any atom is -0.380 e. The van der Waals surface area contributed by atoms with Gasteiger partial charge in [0.1, 0.15) is 0 Å². The molecule has 0 atom stereocenters. The van der Waals surface area contributed by atoms with E-state index in [4.69, 9.17) is 28.9 Å². The Hall–Kier alpha value is -1.78. The fraction of sp³-hybridized carbons (Fsp3) is 0.267. The van der Waals surface area contributed by atoms with Crippen molar-refractivity contribution in [3.05, 3.63) is 49.7 Å². The van der Waals surface area contributed by atoms with Crippen molar-refractivity contribution >= 4 is 50.9 Å². The Morgan fingerprint density at radius 3 is 2.63 bits per heavy atom. The van der Waals surface area contributed by atoms with Gasteiger partial charge in [0, 0.05) is 10.6 Å². The normalized spacial score (nSPS) is 12.3. The Morgan fingerprint density at radius 2 is 2.07 bits per heavy atom. The van der Waals surface area contributed by atoms with Gasteiger partial charge in [-0.3, -0.25) is 4.68 Å². The molecule has 0 amide bonds. The lowest BCUT2D eigenvalue weighted by Crippen LogP contribution is -2.16. The predicted molar refractivity (Wildman–Crippen MR) is 97.6 cm³/mol. The lowest BCUT2D eigenvalue weighted by Gasteiger charge is -2.05. The van der Waals surface area contributed by atoms with Crippen molar-refractivity contribution in [3.63, 3.8) is 0 Å². The van der Waals surface area contributed by atoms with Gasteiger partial charge in [0.25, 0.3) is 0 Å². The molecule has 1 heterocycles. The molecule has 0 fully saturated rings. The molecule has 0 bridgehead atoms. The van der Waals surface area contributed by atoms with Crippen molar-refractivity contribution < 1.29 is 22.8 Å². The van der Waals surface area contributed by atoms with Gasteiger partial charge >= 0.3 is 12.1 Å². The molecule has 0 radical (unpaired) electrons. The van der Waals surface area contributed by atoms with Crippen molar-refractivity contribution in [2.24, 2.45) is 10.9 Å². The SMILES string of the molecule is Cc1c(Br)c(C(F)(F)F)nn1CCC(=O)O/N=C(\N)c1ccc(Cl)cc1Cl. The maximum Gasteiger partial charge on any atom is 0.436 e. The van der Waals surface area contributed by atoms with Crippen LogP contribution in [-0.4, -0.2) is 21.6 Å². The molecule has 2 aromatic rings. The molecule has 1 aromatic carbocycles. The fourth-order valence-corrected chi connectivity index (χ4v) is 3.03. The largest absolute Gasteiger partial charge is 0.436 e. The summed E-state index contributed by atoms with van der Waals surface area (Å²) in [6.45, 7) is 1.31. The number of nitrogens with two attached hydrogens (primary N) is 1. The Balaban J connectivity index is 2.01. The molecule has 0 unspecified atom stereocenters. The standard InChI is InChI=1S/C15H12BrCl2F3N4O2/c1-7-12(16)13(15(19,20)21)23-25(7)5-4-11(26)27-24-14(22)9-3-2-8(17)6-10(9)18/h2-3,6H,4-5H2,1H3,(H2,22,24). The second-order valence-corrected chi connectivity index (χ2v) is 6.92. The molecular formula is C15H12BrCl2F3N4O2. The summed E-state index contributed by atoms with van der Waals surface area (Å²) in [4.78, 5) is 16.4. The minimum absolute atomic E-state index is 0.128. The number of carbonyl (C=O) groups is 1. The van der Waals surface area contributed by atoms with Crippen LogP contribution in [0.4, 0.5) is 13.2 Å². The first-order valence-electron chi connectivity index (χ1n) is 7.29. The summed E-state index contributed by atoms with van der Waals surface area (Å²) in [5.41, 5.74) is 5.17. The van der Waals surface area contributed by atoms with Gasteiger partial charge in [-0.1, -0.05) is 28.4 Å². The van der Waals surface area contributed by atoms with E-state index in [1.54, 1.807) is 0 Å². The van der Waals surface area contributed by atoms with Crippen LogP contribution in [0.25, 0.3) is 0 Å². The topological polar surface area (TPSA) is 82.5 Å². The number of carbonyl (C=O) groups excluding carboxylic acids is 1. The number of rotatable bonds is 5. The van der Waals surface area contributed by atoms with E-state index in [0.29, 0.717) is 10.6 Å². The zero-order valence-electron chi connectivity index (χ0n) is 13.6. The molecule has 2 rings (SSSR count). The third-order valence-electron chi connectivity index (χ3n) is 3.38. The quantitative estimate of drug-likeness (QED) is 0.290. The molecule has 0 aliphatic heterocycles. The van der Waals surface area contributed by atoms with Crippen molar-refractivity contribution in [1.29, 1.82) is 0 Å². The zero-order chi connectivity index (χ0) is 20.4. The highest BCUT2D eigenvalue weighted by Crippen LogP contribution is 2.35. The molecule has 0 aliphatic carbocycles. The number of hydrogen-bond donors (Lipinski definition) is 1. The van der Waals surface area contributed by atoms with Crippen LogP contribution in [-0.2, 0) is 22.4 Å². The third-order valence-corrected chi connectivity index (χ3v) is 4.88. The average molecular weight is 488 g/mol. The number of halogens is 6. The molecule has 12 heteroatoms. The average Bonchev–Trinajstić information content (AvgIpc) is 2.86. The van der Waals surface area contributed by atoms with E-state index in [1.807, 2.05) is 0 Å². The van der Waals surface area contributed by atoms with E-state index in [-0.39, 0.29) is 34.0 Å². The Kier molecular flexibility index (Phi) is 6.77. The van der Waals surface area contributed by atoms with Crippen molar-refractivity contribution in [2.75, 3.05) is 0 Å². The van der Waals surface area contributed by atoms with Crippen LogP contribution >= 0.6 is 39.1 Å². The molecule has 1 aromatic heterocycles. The summed E-state index contributed by atoms with van der Waals surface area (Å²) < 4.78 is 39.3. The number of aromatic nitrogens is 2. The number of oxime groups is 1. The minimum atomic E-state index is -4.61. The maximum atomic E-state index is 12.8. The van der Waals surface area contributed by atoms with Crippen LogP contribution in [0.2, 0.25) is 10.0 Å². The van der Waals surface area contributed by atoms with E-state index in [1.165, 1.54) is 25.1 Å². The van der Waals surface area contributed by atoms with Crippen molar-refractivity contribution in [2.45, 2.75) is 26.1 Å².